The Balaban J connectivity index is 1.99. The van der Waals surface area contributed by atoms with Gasteiger partial charge in [0.2, 0.25) is 0 Å². The van der Waals surface area contributed by atoms with Gasteiger partial charge in [0.05, 0.1) is 7.11 Å². The fraction of sp³-hybridized carbons (Fsp3) is 0.438. The number of nitrogens with one attached hydrogen (secondary N) is 2. The maximum atomic E-state index is 11.9. The van der Waals surface area contributed by atoms with Crippen molar-refractivity contribution in [1.82, 2.24) is 15.2 Å². The topological polar surface area (TPSA) is 57.4 Å². The second kappa shape index (κ2) is 7.02. The lowest BCUT2D eigenvalue weighted by atomic mass is 10.1. The zero-order valence-corrected chi connectivity index (χ0v) is 12.9. The highest BCUT2D eigenvalue weighted by molar-refractivity contribution is 5.84. The third-order valence-electron chi connectivity index (χ3n) is 3.70. The normalized spacial score (nSPS) is 10.6. The predicted octanol–water partition coefficient (Wildman–Crippen LogP) is 2.77. The smallest absolute Gasteiger partial charge is 0.317 e. The number of hydrogen-bond acceptors (Lipinski definition) is 2. The van der Waals surface area contributed by atoms with Crippen molar-refractivity contribution < 1.29 is 9.53 Å². The maximum Gasteiger partial charge on any atom is 0.317 e. The molecule has 114 valence electrons. The number of rotatable bonds is 6. The van der Waals surface area contributed by atoms with Gasteiger partial charge in [-0.15, -0.1) is 0 Å². The fourth-order valence-electron chi connectivity index (χ4n) is 2.42. The van der Waals surface area contributed by atoms with Crippen molar-refractivity contribution in [3.05, 3.63) is 30.0 Å². The summed E-state index contributed by atoms with van der Waals surface area (Å²) in [7, 11) is 1.66. The number of aromatic nitrogens is 1. The molecule has 0 aliphatic rings. The quantitative estimate of drug-likeness (QED) is 0.859. The van der Waals surface area contributed by atoms with Crippen LogP contribution in [0.4, 0.5) is 4.79 Å². The van der Waals surface area contributed by atoms with Gasteiger partial charge in [-0.3, -0.25) is 0 Å². The first-order valence-corrected chi connectivity index (χ1v) is 7.36. The lowest BCUT2D eigenvalue weighted by molar-refractivity contribution is 0.203. The van der Waals surface area contributed by atoms with Crippen LogP contribution in [0.15, 0.2) is 24.4 Å². The second-order valence-corrected chi connectivity index (χ2v) is 4.88. The van der Waals surface area contributed by atoms with Crippen molar-refractivity contribution in [2.75, 3.05) is 26.7 Å². The van der Waals surface area contributed by atoms with Gasteiger partial charge in [-0.05, 0) is 44.0 Å². The molecular formula is C16H23N3O2. The van der Waals surface area contributed by atoms with Gasteiger partial charge >= 0.3 is 6.03 Å². The van der Waals surface area contributed by atoms with Gasteiger partial charge in [-0.1, -0.05) is 0 Å². The van der Waals surface area contributed by atoms with Crippen LogP contribution in [0.5, 0.6) is 5.75 Å². The summed E-state index contributed by atoms with van der Waals surface area (Å²) in [6.07, 6.45) is 2.79. The van der Waals surface area contributed by atoms with E-state index in [1.165, 1.54) is 5.56 Å². The third kappa shape index (κ3) is 3.48. The van der Waals surface area contributed by atoms with Crippen LogP contribution in [-0.4, -0.2) is 42.7 Å². The van der Waals surface area contributed by atoms with Crippen LogP contribution >= 0.6 is 0 Å². The highest BCUT2D eigenvalue weighted by Gasteiger charge is 2.09. The van der Waals surface area contributed by atoms with Crippen LogP contribution in [0.2, 0.25) is 0 Å². The zero-order valence-electron chi connectivity index (χ0n) is 12.9. The molecule has 0 saturated carbocycles. The van der Waals surface area contributed by atoms with Gasteiger partial charge in [0, 0.05) is 36.7 Å². The molecule has 0 atom stereocenters. The van der Waals surface area contributed by atoms with Gasteiger partial charge in [0.25, 0.3) is 0 Å². The van der Waals surface area contributed by atoms with E-state index in [1.807, 2.05) is 38.2 Å². The molecule has 5 nitrogen and oxygen atoms in total. The molecule has 0 saturated heterocycles. The summed E-state index contributed by atoms with van der Waals surface area (Å²) in [4.78, 5) is 16.9. The lowest BCUT2D eigenvalue weighted by Gasteiger charge is -2.19. The fourth-order valence-corrected chi connectivity index (χ4v) is 2.42. The minimum atomic E-state index is -0.00239. The lowest BCUT2D eigenvalue weighted by Crippen LogP contribution is -2.40. The summed E-state index contributed by atoms with van der Waals surface area (Å²) in [5.41, 5.74) is 2.27. The molecule has 0 bridgehead atoms. The summed E-state index contributed by atoms with van der Waals surface area (Å²) in [5.74, 6) is 0.843. The van der Waals surface area contributed by atoms with E-state index < -0.39 is 0 Å². The van der Waals surface area contributed by atoms with Crippen LogP contribution in [0.1, 0.15) is 19.4 Å². The number of H-pyrrole nitrogens is 1. The Morgan fingerprint density at radius 1 is 1.33 bits per heavy atom. The van der Waals surface area contributed by atoms with Crippen LogP contribution < -0.4 is 10.1 Å². The minimum absolute atomic E-state index is 0.00239. The Kier molecular flexibility index (Phi) is 5.09. The van der Waals surface area contributed by atoms with Gasteiger partial charge in [0.1, 0.15) is 5.75 Å². The summed E-state index contributed by atoms with van der Waals surface area (Å²) >= 11 is 0. The Morgan fingerprint density at radius 3 is 2.76 bits per heavy atom. The number of benzene rings is 1. The molecule has 0 aliphatic heterocycles. The van der Waals surface area contributed by atoms with E-state index >= 15 is 0 Å². The number of aromatic amines is 1. The zero-order chi connectivity index (χ0) is 15.2. The Morgan fingerprint density at radius 2 is 2.10 bits per heavy atom. The van der Waals surface area contributed by atoms with E-state index in [0.717, 1.165) is 36.2 Å². The highest BCUT2D eigenvalue weighted by Crippen LogP contribution is 2.23. The molecule has 1 aromatic heterocycles. The van der Waals surface area contributed by atoms with E-state index in [1.54, 1.807) is 12.0 Å². The Labute approximate surface area is 125 Å². The van der Waals surface area contributed by atoms with E-state index in [2.05, 4.69) is 10.3 Å². The number of urea groups is 1. The number of carbonyl (C=O) groups is 1. The van der Waals surface area contributed by atoms with E-state index in [-0.39, 0.29) is 6.03 Å². The van der Waals surface area contributed by atoms with Crippen molar-refractivity contribution in [3.8, 4) is 5.75 Å². The average Bonchev–Trinajstić information content (AvgIpc) is 2.91. The first-order chi connectivity index (χ1) is 10.2. The molecule has 2 aromatic rings. The van der Waals surface area contributed by atoms with Crippen molar-refractivity contribution in [2.45, 2.75) is 20.3 Å². The summed E-state index contributed by atoms with van der Waals surface area (Å²) in [6, 6.07) is 5.96. The first-order valence-electron chi connectivity index (χ1n) is 7.36. The number of hydrogen-bond donors (Lipinski definition) is 2. The SMILES string of the molecule is CCN(CC)C(=O)NCCc1c[nH]c2ccc(OC)cc12. The Bertz CT molecular complexity index is 603. The molecule has 0 fully saturated rings. The minimum Gasteiger partial charge on any atom is -0.497 e. The molecule has 0 spiro atoms. The number of fused-ring (bicyclic) bond motifs is 1. The first kappa shape index (κ1) is 15.2. The molecular weight excluding hydrogens is 266 g/mol. The molecule has 0 aliphatic carbocycles. The highest BCUT2D eigenvalue weighted by atomic mass is 16.5. The van der Waals surface area contributed by atoms with Crippen molar-refractivity contribution >= 4 is 16.9 Å². The monoisotopic (exact) mass is 289 g/mol. The largest absolute Gasteiger partial charge is 0.497 e. The number of carbonyl (C=O) groups excluding carboxylic acids is 1. The summed E-state index contributed by atoms with van der Waals surface area (Å²) in [5, 5.41) is 4.10. The van der Waals surface area contributed by atoms with Crippen LogP contribution in [0.3, 0.4) is 0 Å². The summed E-state index contributed by atoms with van der Waals surface area (Å²) < 4.78 is 5.26. The second-order valence-electron chi connectivity index (χ2n) is 4.88. The van der Waals surface area contributed by atoms with Gasteiger partial charge in [-0.2, -0.15) is 0 Å². The average molecular weight is 289 g/mol. The number of nitrogens with zero attached hydrogens (tertiary/aromatic N) is 1. The predicted molar refractivity (Wildman–Crippen MR) is 84.9 cm³/mol. The van der Waals surface area contributed by atoms with Crippen LogP contribution in [0, 0.1) is 0 Å². The van der Waals surface area contributed by atoms with Crippen LogP contribution in [0.25, 0.3) is 10.9 Å². The van der Waals surface area contributed by atoms with Crippen LogP contribution in [-0.2, 0) is 6.42 Å². The molecule has 2 N–H and O–H groups in total. The Hall–Kier alpha value is -2.17. The molecule has 1 aromatic carbocycles. The van der Waals surface area contributed by atoms with E-state index in [0.29, 0.717) is 6.54 Å². The number of methoxy groups -OCH3 is 1. The van der Waals surface area contributed by atoms with Gasteiger partial charge in [0.15, 0.2) is 0 Å². The number of ether oxygens (including phenoxy) is 1. The third-order valence-corrected chi connectivity index (χ3v) is 3.70. The molecule has 21 heavy (non-hydrogen) atoms. The van der Waals surface area contributed by atoms with Crippen molar-refractivity contribution in [3.63, 3.8) is 0 Å². The van der Waals surface area contributed by atoms with Crippen molar-refractivity contribution in [1.29, 1.82) is 0 Å². The standard InChI is InChI=1S/C16H23N3O2/c1-4-19(5-2)16(20)17-9-8-12-11-18-15-7-6-13(21-3)10-14(12)15/h6-7,10-11,18H,4-5,8-9H2,1-3H3,(H,17,20). The number of amides is 2. The molecule has 1 heterocycles. The molecule has 2 rings (SSSR count). The van der Waals surface area contributed by atoms with Crippen molar-refractivity contribution in [2.24, 2.45) is 0 Å². The van der Waals surface area contributed by atoms with Gasteiger partial charge in [-0.25, -0.2) is 4.79 Å². The van der Waals surface area contributed by atoms with E-state index in [4.69, 9.17) is 4.74 Å². The van der Waals surface area contributed by atoms with Gasteiger partial charge < -0.3 is 19.9 Å². The molecule has 2 amide bonds. The molecule has 5 heteroatoms. The molecule has 0 unspecified atom stereocenters. The molecule has 0 radical (unpaired) electrons. The van der Waals surface area contributed by atoms with E-state index in [9.17, 15) is 4.79 Å². The summed E-state index contributed by atoms with van der Waals surface area (Å²) in [6.45, 7) is 6.04. The maximum absolute atomic E-state index is 11.9.